The molecule has 32 heavy (non-hydrogen) atoms. The lowest BCUT2D eigenvalue weighted by Gasteiger charge is -2.35. The highest BCUT2D eigenvalue weighted by molar-refractivity contribution is 7.94. The first kappa shape index (κ1) is 27.5. The van der Waals surface area contributed by atoms with Gasteiger partial charge in [-0.25, -0.2) is 5.26 Å². The summed E-state index contributed by atoms with van der Waals surface area (Å²) in [5, 5.41) is 32.7. The standard InChI is InChI=1S/C10H16O4S.C7H13NO2.C5H11NO/c1-9(2)7-3-4-10(9,8(11)5-7)6-15-14-13-12;1-6(9)8-4-2-3-7(10)5-8;7-5-2-1-3-6-4-5/h7,12H,3-6H2,1-2H3;7,10H,2-5H2,1H3;5-7H,1-4H2/t;7-;5-/m.11/s1. The second kappa shape index (κ2) is 12.6. The van der Waals surface area contributed by atoms with Gasteiger partial charge in [0.15, 0.2) is 0 Å². The number of nitrogens with one attached hydrogen (secondary N) is 1. The van der Waals surface area contributed by atoms with Crippen LogP contribution in [0.3, 0.4) is 0 Å². The lowest BCUT2D eigenvalue weighted by molar-refractivity contribution is -0.432. The first-order valence-corrected chi connectivity index (χ1v) is 12.5. The number of Topliss-reactive ketones (excluding diaryl/α,β-unsaturated/α-hetero) is 1. The minimum atomic E-state index is -0.294. The summed E-state index contributed by atoms with van der Waals surface area (Å²) in [7, 11) is 0. The number of fused-ring (bicyclic) bond motifs is 2. The number of likely N-dealkylation sites (tertiary alicyclic amines) is 1. The highest BCUT2D eigenvalue weighted by atomic mass is 32.2. The Kier molecular flexibility index (Phi) is 10.9. The molecule has 186 valence electrons. The highest BCUT2D eigenvalue weighted by Gasteiger charge is 2.63. The second-order valence-electron chi connectivity index (χ2n) is 9.83. The van der Waals surface area contributed by atoms with Gasteiger partial charge >= 0.3 is 0 Å². The largest absolute Gasteiger partial charge is 0.392 e. The Bertz CT molecular complexity index is 615. The van der Waals surface area contributed by atoms with Gasteiger partial charge < -0.3 is 20.4 Å². The monoisotopic (exact) mass is 476 g/mol. The number of hydrogen-bond acceptors (Lipinski definition) is 9. The third-order valence-electron chi connectivity index (χ3n) is 7.64. The number of nitrogens with zero attached hydrogens (tertiary/aromatic N) is 1. The summed E-state index contributed by atoms with van der Waals surface area (Å²) in [6, 6.07) is 0. The molecule has 4 fully saturated rings. The molecule has 4 rings (SSSR count). The molecule has 9 nitrogen and oxygen atoms in total. The third-order valence-corrected chi connectivity index (χ3v) is 8.40. The first-order valence-electron chi connectivity index (χ1n) is 11.6. The number of β-amino-alcohol motifs (C(OH)–C–C–N with tert-alkyl or cyclic N) is 2. The molecule has 0 aromatic rings. The van der Waals surface area contributed by atoms with Gasteiger partial charge in [0, 0.05) is 56.2 Å². The normalized spacial score (nSPS) is 33.1. The second-order valence-corrected chi connectivity index (χ2v) is 10.5. The van der Waals surface area contributed by atoms with Gasteiger partial charge in [-0.3, -0.25) is 9.59 Å². The summed E-state index contributed by atoms with van der Waals surface area (Å²) < 4.78 is 4.40. The molecule has 2 heterocycles. The number of hydrogen-bond donors (Lipinski definition) is 4. The number of amides is 1. The van der Waals surface area contributed by atoms with Gasteiger partial charge in [-0.15, -0.1) is 4.33 Å². The molecule has 0 radical (unpaired) electrons. The van der Waals surface area contributed by atoms with Gasteiger partial charge in [0.05, 0.1) is 12.2 Å². The summed E-state index contributed by atoms with van der Waals surface area (Å²) in [6.07, 6.45) is 6.27. The van der Waals surface area contributed by atoms with Crippen molar-refractivity contribution >= 4 is 23.7 Å². The van der Waals surface area contributed by atoms with E-state index in [1.165, 1.54) is 6.92 Å². The van der Waals surface area contributed by atoms with Crippen LogP contribution in [-0.2, 0) is 19.0 Å². The predicted molar refractivity (Wildman–Crippen MR) is 121 cm³/mol. The average molecular weight is 477 g/mol. The Labute approximate surface area is 195 Å². The van der Waals surface area contributed by atoms with E-state index in [-0.39, 0.29) is 28.9 Å². The van der Waals surface area contributed by atoms with Crippen molar-refractivity contribution in [2.24, 2.45) is 16.7 Å². The number of ketones is 1. The summed E-state index contributed by atoms with van der Waals surface area (Å²) in [4.78, 5) is 24.4. The molecule has 1 amide bonds. The van der Waals surface area contributed by atoms with Crippen LogP contribution in [0.2, 0.25) is 0 Å². The van der Waals surface area contributed by atoms with E-state index in [1.54, 1.807) is 4.90 Å². The van der Waals surface area contributed by atoms with Crippen LogP contribution < -0.4 is 5.32 Å². The van der Waals surface area contributed by atoms with Crippen LogP contribution in [0.1, 0.15) is 65.7 Å². The van der Waals surface area contributed by atoms with Crippen molar-refractivity contribution in [1.82, 2.24) is 10.2 Å². The molecule has 0 spiro atoms. The van der Waals surface area contributed by atoms with Crippen LogP contribution in [0.15, 0.2) is 0 Å². The molecule has 2 saturated heterocycles. The van der Waals surface area contributed by atoms with Gasteiger partial charge in [-0.2, -0.15) is 0 Å². The molecule has 10 heteroatoms. The molecule has 0 aromatic carbocycles. The Balaban J connectivity index is 0.000000184. The van der Waals surface area contributed by atoms with Crippen molar-refractivity contribution in [3.05, 3.63) is 0 Å². The Morgan fingerprint density at radius 3 is 2.34 bits per heavy atom. The summed E-state index contributed by atoms with van der Waals surface area (Å²) in [5.74, 6) is 1.49. The quantitative estimate of drug-likeness (QED) is 0.209. The maximum atomic E-state index is 12.0. The van der Waals surface area contributed by atoms with E-state index in [2.05, 4.69) is 28.5 Å². The van der Waals surface area contributed by atoms with Crippen LogP contribution in [0.5, 0.6) is 0 Å². The first-order chi connectivity index (χ1) is 15.1. The molecule has 0 aromatic heterocycles. The average Bonchev–Trinajstić information content (AvgIpc) is 3.10. The lowest BCUT2D eigenvalue weighted by Crippen LogP contribution is -2.40. The van der Waals surface area contributed by atoms with Gasteiger partial charge in [0.2, 0.25) is 5.91 Å². The van der Waals surface area contributed by atoms with Gasteiger partial charge in [-0.1, -0.05) is 18.9 Å². The van der Waals surface area contributed by atoms with Gasteiger partial charge in [0.25, 0.3) is 0 Å². The number of carbonyl (C=O) groups is 2. The van der Waals surface area contributed by atoms with Crippen LogP contribution in [0.25, 0.3) is 0 Å². The zero-order valence-electron chi connectivity index (χ0n) is 19.5. The molecule has 2 bridgehead atoms. The fourth-order valence-corrected chi connectivity index (χ4v) is 6.30. The van der Waals surface area contributed by atoms with Crippen LogP contribution in [0, 0.1) is 16.7 Å². The van der Waals surface area contributed by atoms with Gasteiger partial charge in [-0.05, 0) is 56.4 Å². The maximum Gasteiger partial charge on any atom is 0.219 e. The zero-order valence-corrected chi connectivity index (χ0v) is 20.4. The number of carbonyl (C=O) groups excluding carboxylic acids is 2. The Morgan fingerprint density at radius 1 is 1.22 bits per heavy atom. The molecule has 2 aliphatic carbocycles. The molecular formula is C22H40N2O7S. The Hall–Kier alpha value is -0.750. The number of aliphatic hydroxyl groups excluding tert-OH is 2. The van der Waals surface area contributed by atoms with E-state index >= 15 is 0 Å². The van der Waals surface area contributed by atoms with E-state index in [0.29, 0.717) is 30.4 Å². The predicted octanol–water partition coefficient (Wildman–Crippen LogP) is 2.17. The zero-order chi connectivity index (χ0) is 23.8. The summed E-state index contributed by atoms with van der Waals surface area (Å²) in [5.41, 5.74) is -0.225. The highest BCUT2D eigenvalue weighted by Crippen LogP contribution is 2.64. The third kappa shape index (κ3) is 6.88. The van der Waals surface area contributed by atoms with E-state index in [1.807, 2.05) is 0 Å². The van der Waals surface area contributed by atoms with E-state index < -0.39 is 0 Å². The SMILES string of the molecule is CC(=O)N1CCC[C@@H](O)C1.CC1(C)C2CCC1(CSOOO)C(=O)C2.O[C@@H]1CCCNC1. The number of rotatable bonds is 4. The topological polar surface area (TPSA) is 129 Å². The molecule has 4 atom stereocenters. The van der Waals surface area contributed by atoms with Crippen molar-refractivity contribution in [2.45, 2.75) is 77.9 Å². The molecule has 2 aliphatic heterocycles. The minimum Gasteiger partial charge on any atom is -0.392 e. The van der Waals surface area contributed by atoms with E-state index in [9.17, 15) is 9.59 Å². The van der Waals surface area contributed by atoms with Crippen molar-refractivity contribution in [2.75, 3.05) is 31.9 Å². The van der Waals surface area contributed by atoms with Crippen molar-refractivity contribution in [3.63, 3.8) is 0 Å². The molecule has 4 aliphatic rings. The van der Waals surface area contributed by atoms with Crippen molar-refractivity contribution in [1.29, 1.82) is 0 Å². The smallest absolute Gasteiger partial charge is 0.219 e. The molecule has 4 N–H and O–H groups in total. The minimum absolute atomic E-state index is 0.0515. The fourth-order valence-electron chi connectivity index (χ4n) is 5.33. The number of aliphatic hydroxyl groups is 2. The van der Waals surface area contributed by atoms with E-state index in [4.69, 9.17) is 15.5 Å². The van der Waals surface area contributed by atoms with Crippen molar-refractivity contribution < 1.29 is 34.4 Å². The van der Waals surface area contributed by atoms with Crippen LogP contribution in [0.4, 0.5) is 0 Å². The van der Waals surface area contributed by atoms with E-state index in [0.717, 1.165) is 70.2 Å². The molecular weight excluding hydrogens is 436 g/mol. The summed E-state index contributed by atoms with van der Waals surface area (Å²) in [6.45, 7) is 9.07. The van der Waals surface area contributed by atoms with Crippen molar-refractivity contribution in [3.8, 4) is 0 Å². The Morgan fingerprint density at radius 2 is 1.94 bits per heavy atom. The molecule has 2 unspecified atom stereocenters. The maximum absolute atomic E-state index is 12.0. The number of piperidine rings is 2. The summed E-state index contributed by atoms with van der Waals surface area (Å²) >= 11 is 1.01. The van der Waals surface area contributed by atoms with Crippen LogP contribution >= 0.6 is 12.0 Å². The fraction of sp³-hybridized carbons (Fsp3) is 0.909. The molecule has 2 saturated carbocycles. The van der Waals surface area contributed by atoms with Crippen LogP contribution in [-0.4, -0.2) is 76.2 Å². The van der Waals surface area contributed by atoms with Gasteiger partial charge in [0.1, 0.15) is 5.78 Å². The lowest BCUT2D eigenvalue weighted by atomic mass is 9.70.